The number of anilines is 1. The van der Waals surface area contributed by atoms with Crippen molar-refractivity contribution in [2.45, 2.75) is 23.8 Å². The summed E-state index contributed by atoms with van der Waals surface area (Å²) in [5.74, 6) is 1.74. The van der Waals surface area contributed by atoms with Gasteiger partial charge in [-0.1, -0.05) is 6.07 Å². The molecule has 2 fully saturated rings. The molecule has 10 heteroatoms. The van der Waals surface area contributed by atoms with E-state index in [4.69, 9.17) is 5.14 Å². The molecule has 1 aromatic carbocycles. The predicted octanol–water partition coefficient (Wildman–Crippen LogP) is 0.312. The van der Waals surface area contributed by atoms with Gasteiger partial charge in [0.15, 0.2) is 0 Å². The first-order chi connectivity index (χ1) is 12.8. The maximum absolute atomic E-state index is 12.8. The third-order valence-electron chi connectivity index (χ3n) is 4.76. The van der Waals surface area contributed by atoms with Gasteiger partial charge in [-0.3, -0.25) is 14.5 Å². The van der Waals surface area contributed by atoms with Gasteiger partial charge in [-0.2, -0.15) is 11.8 Å². The molecule has 0 aliphatic carbocycles. The van der Waals surface area contributed by atoms with Crippen molar-refractivity contribution in [3.63, 3.8) is 0 Å². The van der Waals surface area contributed by atoms with Crippen molar-refractivity contribution >= 4 is 39.3 Å². The van der Waals surface area contributed by atoms with E-state index in [0.717, 1.165) is 37.4 Å². The number of thioether (sulfide) groups is 1. The molecule has 27 heavy (non-hydrogen) atoms. The number of rotatable bonds is 5. The van der Waals surface area contributed by atoms with Crippen molar-refractivity contribution in [1.29, 1.82) is 0 Å². The van der Waals surface area contributed by atoms with E-state index in [9.17, 15) is 18.0 Å². The summed E-state index contributed by atoms with van der Waals surface area (Å²) in [5, 5.41) is 7.81. The lowest BCUT2D eigenvalue weighted by molar-refractivity contribution is -0.136. The summed E-state index contributed by atoms with van der Waals surface area (Å²) in [6.45, 7) is 2.32. The number of benzene rings is 1. The standard InChI is InChI=1S/C17H24N4O4S2/c18-27(24,25)14-4-1-3-13(11-14)19-16(22)12-21-6-2-5-15(21)17(23)20-7-9-26-10-8-20/h1,3-4,11,15H,2,5-10,12H2,(H,19,22)(H2,18,24,25). The SMILES string of the molecule is NS(=O)(=O)c1cccc(NC(=O)CN2CCCC2C(=O)N2CCSCC2)c1. The molecule has 0 spiro atoms. The first kappa shape index (κ1) is 20.1. The zero-order chi connectivity index (χ0) is 19.4. The van der Waals surface area contributed by atoms with Gasteiger partial charge in [0.25, 0.3) is 0 Å². The third kappa shape index (κ3) is 5.22. The maximum Gasteiger partial charge on any atom is 0.239 e. The number of likely N-dealkylation sites (tertiary alicyclic amines) is 1. The van der Waals surface area contributed by atoms with E-state index < -0.39 is 10.0 Å². The predicted molar refractivity (Wildman–Crippen MR) is 105 cm³/mol. The quantitative estimate of drug-likeness (QED) is 0.720. The van der Waals surface area contributed by atoms with Crippen molar-refractivity contribution in [1.82, 2.24) is 9.80 Å². The maximum atomic E-state index is 12.8. The van der Waals surface area contributed by atoms with Crippen LogP contribution in [0.2, 0.25) is 0 Å². The van der Waals surface area contributed by atoms with Crippen molar-refractivity contribution in [3.8, 4) is 0 Å². The van der Waals surface area contributed by atoms with Crippen molar-refractivity contribution < 1.29 is 18.0 Å². The lowest BCUT2D eigenvalue weighted by atomic mass is 10.2. The number of nitrogens with zero attached hydrogens (tertiary/aromatic N) is 2. The molecule has 2 heterocycles. The summed E-state index contributed by atoms with van der Waals surface area (Å²) in [6, 6.07) is 5.56. The summed E-state index contributed by atoms with van der Waals surface area (Å²) in [6.07, 6.45) is 1.64. The first-order valence-electron chi connectivity index (χ1n) is 8.88. The van der Waals surface area contributed by atoms with Crippen molar-refractivity contribution in [2.75, 3.05) is 43.0 Å². The molecule has 0 saturated carbocycles. The average molecular weight is 413 g/mol. The minimum Gasteiger partial charge on any atom is -0.340 e. The molecule has 1 unspecified atom stereocenters. The molecule has 2 aliphatic heterocycles. The lowest BCUT2D eigenvalue weighted by Crippen LogP contribution is -2.49. The molecule has 2 amide bonds. The lowest BCUT2D eigenvalue weighted by Gasteiger charge is -2.32. The van der Waals surface area contributed by atoms with Crippen LogP contribution in [0.1, 0.15) is 12.8 Å². The van der Waals surface area contributed by atoms with Gasteiger partial charge in [-0.15, -0.1) is 0 Å². The highest BCUT2D eigenvalue weighted by molar-refractivity contribution is 7.99. The molecular formula is C17H24N4O4S2. The van der Waals surface area contributed by atoms with Crippen LogP contribution in [-0.4, -0.2) is 73.8 Å². The van der Waals surface area contributed by atoms with E-state index in [1.54, 1.807) is 6.07 Å². The van der Waals surface area contributed by atoms with E-state index >= 15 is 0 Å². The van der Waals surface area contributed by atoms with Gasteiger partial charge >= 0.3 is 0 Å². The Morgan fingerprint density at radius 3 is 2.67 bits per heavy atom. The Kier molecular flexibility index (Phi) is 6.40. The number of carbonyl (C=O) groups excluding carboxylic acids is 2. The number of sulfonamides is 1. The van der Waals surface area contributed by atoms with Crippen LogP contribution in [0.15, 0.2) is 29.2 Å². The summed E-state index contributed by atoms with van der Waals surface area (Å²) < 4.78 is 22.9. The Labute approximate surface area is 163 Å². The Balaban J connectivity index is 1.60. The number of carbonyl (C=O) groups is 2. The second-order valence-corrected chi connectivity index (χ2v) is 9.47. The minimum absolute atomic E-state index is 0.0579. The van der Waals surface area contributed by atoms with Crippen molar-refractivity contribution in [2.24, 2.45) is 5.14 Å². The van der Waals surface area contributed by atoms with Gasteiger partial charge in [0.2, 0.25) is 21.8 Å². The summed E-state index contributed by atoms with van der Waals surface area (Å²) >= 11 is 1.85. The molecular weight excluding hydrogens is 388 g/mol. The average Bonchev–Trinajstić information content (AvgIpc) is 3.09. The Morgan fingerprint density at radius 2 is 1.96 bits per heavy atom. The van der Waals surface area contributed by atoms with Crippen LogP contribution in [0.3, 0.4) is 0 Å². The van der Waals surface area contributed by atoms with Gasteiger partial charge in [0, 0.05) is 30.3 Å². The highest BCUT2D eigenvalue weighted by atomic mass is 32.2. The highest BCUT2D eigenvalue weighted by Crippen LogP contribution is 2.21. The zero-order valence-electron chi connectivity index (χ0n) is 15.0. The number of nitrogens with one attached hydrogen (secondary N) is 1. The Morgan fingerprint density at radius 1 is 1.22 bits per heavy atom. The number of hydrogen-bond acceptors (Lipinski definition) is 6. The molecule has 2 aliphatic rings. The largest absolute Gasteiger partial charge is 0.340 e. The molecule has 0 aromatic heterocycles. The van der Waals surface area contributed by atoms with Crippen LogP contribution in [0, 0.1) is 0 Å². The highest BCUT2D eigenvalue weighted by Gasteiger charge is 2.35. The molecule has 1 aromatic rings. The number of nitrogens with two attached hydrogens (primary N) is 1. The monoisotopic (exact) mass is 412 g/mol. The van der Waals surface area contributed by atoms with E-state index in [1.165, 1.54) is 18.2 Å². The fourth-order valence-corrected chi connectivity index (χ4v) is 4.89. The third-order valence-corrected chi connectivity index (χ3v) is 6.62. The number of primary sulfonamides is 1. The molecule has 1 atom stereocenters. The van der Waals surface area contributed by atoms with Gasteiger partial charge in [0.1, 0.15) is 0 Å². The Hall–Kier alpha value is -1.62. The van der Waals surface area contributed by atoms with Crippen LogP contribution >= 0.6 is 11.8 Å². The molecule has 2 saturated heterocycles. The minimum atomic E-state index is -3.83. The summed E-state index contributed by atoms with van der Waals surface area (Å²) in [5.41, 5.74) is 0.363. The van der Waals surface area contributed by atoms with Crippen LogP contribution < -0.4 is 10.5 Å². The first-order valence-corrected chi connectivity index (χ1v) is 11.6. The zero-order valence-corrected chi connectivity index (χ0v) is 16.6. The fourth-order valence-electron chi connectivity index (χ4n) is 3.43. The molecule has 0 radical (unpaired) electrons. The van der Waals surface area contributed by atoms with E-state index in [0.29, 0.717) is 12.2 Å². The van der Waals surface area contributed by atoms with Gasteiger partial charge in [-0.25, -0.2) is 13.6 Å². The molecule has 0 bridgehead atoms. The van der Waals surface area contributed by atoms with E-state index in [1.807, 2.05) is 21.6 Å². The molecule has 148 valence electrons. The number of hydrogen-bond donors (Lipinski definition) is 2. The summed E-state index contributed by atoms with van der Waals surface area (Å²) in [7, 11) is -3.83. The van der Waals surface area contributed by atoms with Gasteiger partial charge in [0.05, 0.1) is 17.5 Å². The van der Waals surface area contributed by atoms with E-state index in [-0.39, 0.29) is 29.3 Å². The molecule has 8 nitrogen and oxygen atoms in total. The second-order valence-electron chi connectivity index (χ2n) is 6.69. The van der Waals surface area contributed by atoms with Crippen molar-refractivity contribution in [3.05, 3.63) is 24.3 Å². The van der Waals surface area contributed by atoms with E-state index in [2.05, 4.69) is 5.32 Å². The van der Waals surface area contributed by atoms with Crippen LogP contribution in [0.25, 0.3) is 0 Å². The van der Waals surface area contributed by atoms with Gasteiger partial charge < -0.3 is 10.2 Å². The summed E-state index contributed by atoms with van der Waals surface area (Å²) in [4.78, 5) is 28.9. The normalized spacial score (nSPS) is 21.2. The van der Waals surface area contributed by atoms with Crippen LogP contribution in [0.4, 0.5) is 5.69 Å². The topological polar surface area (TPSA) is 113 Å². The molecule has 3 rings (SSSR count). The van der Waals surface area contributed by atoms with Crippen LogP contribution in [-0.2, 0) is 19.6 Å². The molecule has 3 N–H and O–H groups in total. The Bertz CT molecular complexity index is 809. The number of amides is 2. The second kappa shape index (κ2) is 8.59. The van der Waals surface area contributed by atoms with Crippen LogP contribution in [0.5, 0.6) is 0 Å². The smallest absolute Gasteiger partial charge is 0.239 e. The fraction of sp³-hybridized carbons (Fsp3) is 0.529. The van der Waals surface area contributed by atoms with Gasteiger partial charge in [-0.05, 0) is 37.6 Å².